The first-order valence-electron chi connectivity index (χ1n) is 9.86. The Balaban J connectivity index is 1.71. The van der Waals surface area contributed by atoms with Crippen LogP contribution in [-0.2, 0) is 14.8 Å². The summed E-state index contributed by atoms with van der Waals surface area (Å²) in [5.41, 5.74) is 1.11. The molecular weight excluding hydrogens is 507 g/mol. The third-order valence-electron chi connectivity index (χ3n) is 4.59. The number of ether oxygens (including phenoxy) is 1. The summed E-state index contributed by atoms with van der Waals surface area (Å²) in [7, 11) is -4.06. The molecule has 3 aromatic carbocycles. The number of carbonyl (C=O) groups is 1. The largest absolute Gasteiger partial charge is 0.492 e. The van der Waals surface area contributed by atoms with Gasteiger partial charge < -0.3 is 10.1 Å². The molecule has 0 fully saturated rings. The predicted octanol–water partition coefficient (Wildman–Crippen LogP) is 5.35. The quantitative estimate of drug-likeness (QED) is 0.381. The summed E-state index contributed by atoms with van der Waals surface area (Å²) in [6.07, 6.45) is 0. The van der Waals surface area contributed by atoms with Crippen LogP contribution in [0.5, 0.6) is 5.75 Å². The van der Waals surface area contributed by atoms with Crippen LogP contribution in [0, 0.1) is 6.92 Å². The number of sulfonamides is 1. The van der Waals surface area contributed by atoms with E-state index in [2.05, 4.69) is 5.32 Å². The Morgan fingerprint density at radius 1 is 0.970 bits per heavy atom. The molecule has 0 saturated carbocycles. The van der Waals surface area contributed by atoms with Crippen molar-refractivity contribution in [1.82, 2.24) is 5.32 Å². The van der Waals surface area contributed by atoms with E-state index in [1.165, 1.54) is 30.3 Å². The number of rotatable bonds is 9. The van der Waals surface area contributed by atoms with Crippen LogP contribution in [0.2, 0.25) is 15.1 Å². The van der Waals surface area contributed by atoms with E-state index >= 15 is 0 Å². The van der Waals surface area contributed by atoms with Crippen molar-refractivity contribution in [3.05, 3.63) is 87.4 Å². The van der Waals surface area contributed by atoms with Crippen molar-refractivity contribution < 1.29 is 17.9 Å². The van der Waals surface area contributed by atoms with Gasteiger partial charge in [0.1, 0.15) is 18.9 Å². The van der Waals surface area contributed by atoms with Gasteiger partial charge in [-0.3, -0.25) is 9.10 Å². The molecule has 33 heavy (non-hydrogen) atoms. The fourth-order valence-electron chi connectivity index (χ4n) is 2.93. The third-order valence-corrected chi connectivity index (χ3v) is 7.22. The molecule has 0 unspecified atom stereocenters. The Kier molecular flexibility index (Phi) is 8.48. The second kappa shape index (κ2) is 11.1. The molecule has 3 rings (SSSR count). The molecule has 0 saturated heterocycles. The van der Waals surface area contributed by atoms with Crippen molar-refractivity contribution in [2.24, 2.45) is 0 Å². The number of halogens is 3. The highest BCUT2D eigenvalue weighted by Crippen LogP contribution is 2.29. The number of hydrogen-bond donors (Lipinski definition) is 1. The van der Waals surface area contributed by atoms with Crippen LogP contribution < -0.4 is 14.4 Å². The number of nitrogens with one attached hydrogen (secondary N) is 1. The summed E-state index contributed by atoms with van der Waals surface area (Å²) in [5, 5.41) is 3.74. The Labute approximate surface area is 208 Å². The van der Waals surface area contributed by atoms with Crippen LogP contribution >= 0.6 is 34.8 Å². The molecule has 0 aliphatic rings. The summed E-state index contributed by atoms with van der Waals surface area (Å²) < 4.78 is 33.1. The van der Waals surface area contributed by atoms with Gasteiger partial charge in [0.15, 0.2) is 0 Å². The van der Waals surface area contributed by atoms with Crippen LogP contribution in [0.25, 0.3) is 0 Å². The summed E-state index contributed by atoms with van der Waals surface area (Å²) in [6, 6.07) is 17.5. The minimum Gasteiger partial charge on any atom is -0.492 e. The lowest BCUT2D eigenvalue weighted by atomic mass is 10.2. The average Bonchev–Trinajstić information content (AvgIpc) is 2.77. The van der Waals surface area contributed by atoms with E-state index in [0.29, 0.717) is 10.8 Å². The fourth-order valence-corrected chi connectivity index (χ4v) is 5.04. The van der Waals surface area contributed by atoms with Crippen molar-refractivity contribution in [2.45, 2.75) is 11.8 Å². The molecule has 1 N–H and O–H groups in total. The SMILES string of the molecule is Cc1ccc(OCCNC(=O)CN(c2cc(Cl)cc(Cl)c2)S(=O)(=O)c2ccccc2)cc1Cl. The molecule has 10 heteroatoms. The first-order valence-corrected chi connectivity index (χ1v) is 12.4. The fraction of sp³-hybridized carbons (Fsp3) is 0.174. The van der Waals surface area contributed by atoms with Gasteiger partial charge in [-0.15, -0.1) is 0 Å². The van der Waals surface area contributed by atoms with Gasteiger partial charge in [-0.2, -0.15) is 0 Å². The molecule has 0 bridgehead atoms. The standard InChI is InChI=1S/C23H21Cl3N2O4S/c1-16-7-8-20(14-22(16)26)32-10-9-27-23(29)15-28(19-12-17(24)11-18(25)13-19)33(30,31)21-5-3-2-4-6-21/h2-8,11-14H,9-10,15H2,1H3,(H,27,29). The third kappa shape index (κ3) is 6.77. The number of anilines is 1. The van der Waals surface area contributed by atoms with Gasteiger partial charge in [0.25, 0.3) is 10.0 Å². The zero-order valence-electron chi connectivity index (χ0n) is 17.6. The number of carbonyl (C=O) groups excluding carboxylic acids is 1. The highest BCUT2D eigenvalue weighted by molar-refractivity contribution is 7.92. The molecule has 0 aliphatic heterocycles. The Bertz CT molecular complexity index is 1220. The average molecular weight is 528 g/mol. The second-order valence-corrected chi connectivity index (χ2v) is 10.2. The van der Waals surface area contributed by atoms with Gasteiger partial charge in [0.2, 0.25) is 5.91 Å². The predicted molar refractivity (Wildman–Crippen MR) is 132 cm³/mol. The number of aryl methyl sites for hydroxylation is 1. The van der Waals surface area contributed by atoms with Gasteiger partial charge in [-0.25, -0.2) is 8.42 Å². The molecule has 0 radical (unpaired) electrons. The maximum Gasteiger partial charge on any atom is 0.264 e. The molecule has 0 aromatic heterocycles. The van der Waals surface area contributed by atoms with Gasteiger partial charge in [0.05, 0.1) is 17.1 Å². The van der Waals surface area contributed by atoms with Crippen molar-refractivity contribution in [3.8, 4) is 5.75 Å². The summed E-state index contributed by atoms with van der Waals surface area (Å²) >= 11 is 18.2. The van der Waals surface area contributed by atoms with Gasteiger partial charge in [0, 0.05) is 15.1 Å². The summed E-state index contributed by atoms with van der Waals surface area (Å²) in [5.74, 6) is 0.0536. The van der Waals surface area contributed by atoms with Crippen molar-refractivity contribution in [2.75, 3.05) is 24.0 Å². The van der Waals surface area contributed by atoms with E-state index in [9.17, 15) is 13.2 Å². The summed E-state index contributed by atoms with van der Waals surface area (Å²) in [6.45, 7) is 1.76. The minimum atomic E-state index is -4.06. The van der Waals surface area contributed by atoms with Gasteiger partial charge in [-0.1, -0.05) is 59.1 Å². The van der Waals surface area contributed by atoms with E-state index in [0.717, 1.165) is 9.87 Å². The lowest BCUT2D eigenvalue weighted by molar-refractivity contribution is -0.119. The molecular formula is C23H21Cl3N2O4S. The highest BCUT2D eigenvalue weighted by Gasteiger charge is 2.27. The normalized spacial score (nSPS) is 11.2. The maximum absolute atomic E-state index is 13.3. The van der Waals surface area contributed by atoms with Gasteiger partial charge >= 0.3 is 0 Å². The smallest absolute Gasteiger partial charge is 0.264 e. The molecule has 0 aliphatic carbocycles. The number of benzene rings is 3. The minimum absolute atomic E-state index is 0.0356. The molecule has 0 heterocycles. The monoisotopic (exact) mass is 526 g/mol. The van der Waals surface area contributed by atoms with Crippen LogP contribution in [0.3, 0.4) is 0 Å². The lowest BCUT2D eigenvalue weighted by Gasteiger charge is -2.24. The molecule has 1 amide bonds. The topological polar surface area (TPSA) is 75.7 Å². The Morgan fingerprint density at radius 3 is 2.27 bits per heavy atom. The van der Waals surface area contributed by atoms with E-state index in [1.807, 2.05) is 13.0 Å². The van der Waals surface area contributed by atoms with Crippen LogP contribution in [0.1, 0.15) is 5.56 Å². The zero-order valence-corrected chi connectivity index (χ0v) is 20.7. The van der Waals surface area contributed by atoms with Crippen LogP contribution in [0.4, 0.5) is 5.69 Å². The van der Waals surface area contributed by atoms with Crippen molar-refractivity contribution in [3.63, 3.8) is 0 Å². The summed E-state index contributed by atoms with van der Waals surface area (Å²) in [4.78, 5) is 12.7. The van der Waals surface area contributed by atoms with E-state index in [-0.39, 0.29) is 33.8 Å². The van der Waals surface area contributed by atoms with Crippen molar-refractivity contribution in [1.29, 1.82) is 0 Å². The Morgan fingerprint density at radius 2 is 1.64 bits per heavy atom. The molecule has 0 atom stereocenters. The number of nitrogens with zero attached hydrogens (tertiary/aromatic N) is 1. The first kappa shape index (κ1) is 25.2. The van der Waals surface area contributed by atoms with Crippen LogP contribution in [-0.4, -0.2) is 34.0 Å². The molecule has 0 spiro atoms. The lowest BCUT2D eigenvalue weighted by Crippen LogP contribution is -2.42. The zero-order chi connectivity index (χ0) is 24.0. The van der Waals surface area contributed by atoms with E-state index < -0.39 is 22.5 Å². The van der Waals surface area contributed by atoms with Gasteiger partial charge in [-0.05, 0) is 55.0 Å². The van der Waals surface area contributed by atoms with Crippen LogP contribution in [0.15, 0.2) is 71.6 Å². The molecule has 3 aromatic rings. The number of amides is 1. The Hall–Kier alpha value is -2.45. The molecule has 174 valence electrons. The van der Waals surface area contributed by atoms with E-state index in [1.54, 1.807) is 30.3 Å². The maximum atomic E-state index is 13.3. The number of hydrogen-bond acceptors (Lipinski definition) is 4. The second-order valence-electron chi connectivity index (χ2n) is 7.06. The first-order chi connectivity index (χ1) is 15.7. The van der Waals surface area contributed by atoms with Crippen molar-refractivity contribution >= 4 is 56.4 Å². The van der Waals surface area contributed by atoms with E-state index in [4.69, 9.17) is 39.5 Å². The molecule has 6 nitrogen and oxygen atoms in total. The highest BCUT2D eigenvalue weighted by atomic mass is 35.5.